The first kappa shape index (κ1) is 19.4. The van der Waals surface area contributed by atoms with Crippen molar-refractivity contribution < 1.29 is 14.6 Å². The van der Waals surface area contributed by atoms with E-state index in [-0.39, 0.29) is 17.3 Å². The summed E-state index contributed by atoms with van der Waals surface area (Å²) in [5, 5.41) is 19.1. The van der Waals surface area contributed by atoms with Crippen LogP contribution in [-0.4, -0.2) is 45.1 Å². The fourth-order valence-corrected chi connectivity index (χ4v) is 3.44. The Bertz CT molecular complexity index is 911. The maximum absolute atomic E-state index is 12.4. The third kappa shape index (κ3) is 4.88. The summed E-state index contributed by atoms with van der Waals surface area (Å²) < 4.78 is 7.12. The molecule has 3 aromatic rings. The van der Waals surface area contributed by atoms with E-state index >= 15 is 0 Å². The van der Waals surface area contributed by atoms with Gasteiger partial charge in [-0.1, -0.05) is 23.4 Å². The van der Waals surface area contributed by atoms with Crippen molar-refractivity contribution in [2.24, 2.45) is 0 Å². The van der Waals surface area contributed by atoms with Gasteiger partial charge in [-0.3, -0.25) is 9.36 Å². The number of methoxy groups -OCH3 is 1. The number of phenolic OH excluding ortho intramolecular Hbond substituents is 1. The fraction of sp³-hybridized carbons (Fsp3) is 0.211. The predicted molar refractivity (Wildman–Crippen MR) is 106 cm³/mol. The fourth-order valence-electron chi connectivity index (χ4n) is 2.45. The second-order valence-corrected chi connectivity index (χ2v) is 7.10. The number of thioether (sulfide) groups is 1. The lowest BCUT2D eigenvalue weighted by Gasteiger charge is -2.09. The van der Waals surface area contributed by atoms with Gasteiger partial charge >= 0.3 is 0 Å². The van der Waals surface area contributed by atoms with Crippen LogP contribution in [0.3, 0.4) is 0 Å². The minimum atomic E-state index is -0.0469. The van der Waals surface area contributed by atoms with Gasteiger partial charge in [0.1, 0.15) is 5.75 Å². The molecule has 27 heavy (non-hydrogen) atoms. The van der Waals surface area contributed by atoms with Gasteiger partial charge in [0.15, 0.2) is 16.8 Å². The topological polar surface area (TPSA) is 77.2 Å². The summed E-state index contributed by atoms with van der Waals surface area (Å²) >= 11 is 7.28. The Labute approximate surface area is 166 Å². The number of benzene rings is 2. The van der Waals surface area contributed by atoms with Crippen LogP contribution < -0.4 is 0 Å². The van der Waals surface area contributed by atoms with E-state index in [2.05, 4.69) is 10.2 Å². The van der Waals surface area contributed by atoms with E-state index in [9.17, 15) is 9.90 Å². The normalized spacial score (nSPS) is 10.9. The highest BCUT2D eigenvalue weighted by Crippen LogP contribution is 2.26. The number of rotatable bonds is 8. The van der Waals surface area contributed by atoms with Gasteiger partial charge in [0.2, 0.25) is 0 Å². The quantitative estimate of drug-likeness (QED) is 0.453. The van der Waals surface area contributed by atoms with Crippen LogP contribution in [-0.2, 0) is 11.3 Å². The molecule has 0 radical (unpaired) electrons. The molecule has 0 saturated carbocycles. The molecule has 0 aliphatic carbocycles. The average molecular weight is 404 g/mol. The van der Waals surface area contributed by atoms with E-state index in [1.54, 1.807) is 31.4 Å². The number of ether oxygens (including phenoxy) is 1. The highest BCUT2D eigenvalue weighted by atomic mass is 35.5. The maximum Gasteiger partial charge on any atom is 0.192 e. The Morgan fingerprint density at radius 1 is 1.15 bits per heavy atom. The van der Waals surface area contributed by atoms with Crippen molar-refractivity contribution >= 4 is 29.1 Å². The number of hydrogen-bond donors (Lipinski definition) is 1. The summed E-state index contributed by atoms with van der Waals surface area (Å²) in [5.74, 6) is 1.00. The second-order valence-electron chi connectivity index (χ2n) is 5.72. The summed E-state index contributed by atoms with van der Waals surface area (Å²) in [6.07, 6.45) is 0. The summed E-state index contributed by atoms with van der Waals surface area (Å²) in [7, 11) is 1.63. The number of halogens is 1. The van der Waals surface area contributed by atoms with Crippen LogP contribution in [0.15, 0.2) is 53.7 Å². The van der Waals surface area contributed by atoms with E-state index in [4.69, 9.17) is 16.3 Å². The Kier molecular flexibility index (Phi) is 6.49. The highest BCUT2D eigenvalue weighted by molar-refractivity contribution is 7.99. The first-order valence-corrected chi connectivity index (χ1v) is 9.58. The number of hydrogen-bond acceptors (Lipinski definition) is 6. The van der Waals surface area contributed by atoms with Crippen molar-refractivity contribution in [3.8, 4) is 17.1 Å². The number of aromatic hydroxyl groups is 1. The standard InChI is InChI=1S/C19H18ClN3O3S/c1-26-11-10-23-18(14-2-6-15(20)7-3-14)21-22-19(23)27-12-17(25)13-4-8-16(24)9-5-13/h2-9,24H,10-12H2,1H3. The second kappa shape index (κ2) is 9.03. The number of nitrogens with zero attached hydrogens (tertiary/aromatic N) is 3. The molecule has 3 rings (SSSR count). The molecule has 0 spiro atoms. The number of aromatic nitrogens is 3. The summed E-state index contributed by atoms with van der Waals surface area (Å²) in [6.45, 7) is 1.06. The van der Waals surface area contributed by atoms with Crippen molar-refractivity contribution in [3.63, 3.8) is 0 Å². The summed E-state index contributed by atoms with van der Waals surface area (Å²) in [4.78, 5) is 12.4. The van der Waals surface area contributed by atoms with Crippen molar-refractivity contribution in [1.82, 2.24) is 14.8 Å². The maximum atomic E-state index is 12.4. The molecule has 2 aromatic carbocycles. The lowest BCUT2D eigenvalue weighted by Crippen LogP contribution is -2.09. The monoisotopic (exact) mass is 403 g/mol. The third-order valence-electron chi connectivity index (χ3n) is 3.86. The van der Waals surface area contributed by atoms with Gasteiger partial charge in [0.25, 0.3) is 0 Å². The average Bonchev–Trinajstić information content (AvgIpc) is 3.08. The largest absolute Gasteiger partial charge is 0.508 e. The van der Waals surface area contributed by atoms with Gasteiger partial charge < -0.3 is 9.84 Å². The number of phenols is 1. The lowest BCUT2D eigenvalue weighted by atomic mass is 10.1. The highest BCUT2D eigenvalue weighted by Gasteiger charge is 2.16. The number of ketones is 1. The van der Waals surface area contributed by atoms with Crippen molar-refractivity contribution in [2.45, 2.75) is 11.7 Å². The molecule has 0 atom stereocenters. The van der Waals surface area contributed by atoms with Gasteiger partial charge in [0, 0.05) is 23.3 Å². The molecule has 8 heteroatoms. The molecule has 1 heterocycles. The molecule has 140 valence electrons. The Morgan fingerprint density at radius 3 is 2.52 bits per heavy atom. The zero-order valence-corrected chi connectivity index (χ0v) is 16.2. The van der Waals surface area contributed by atoms with Gasteiger partial charge in [-0.15, -0.1) is 10.2 Å². The molecule has 0 amide bonds. The molecular formula is C19H18ClN3O3S. The number of carbonyl (C=O) groups is 1. The third-order valence-corrected chi connectivity index (χ3v) is 5.08. The van der Waals surface area contributed by atoms with Gasteiger partial charge in [-0.25, -0.2) is 0 Å². The summed E-state index contributed by atoms with van der Waals surface area (Å²) in [6, 6.07) is 13.6. The number of carbonyl (C=O) groups excluding carboxylic acids is 1. The molecule has 6 nitrogen and oxygen atoms in total. The predicted octanol–water partition coefficient (Wildman–Crippen LogP) is 3.93. The van der Waals surface area contributed by atoms with Crippen LogP contribution >= 0.6 is 23.4 Å². The Morgan fingerprint density at radius 2 is 1.85 bits per heavy atom. The van der Waals surface area contributed by atoms with Crippen LogP contribution in [0.5, 0.6) is 5.75 Å². The zero-order valence-electron chi connectivity index (χ0n) is 14.6. The van der Waals surface area contributed by atoms with Crippen molar-refractivity contribution in [2.75, 3.05) is 19.5 Å². The lowest BCUT2D eigenvalue weighted by molar-refractivity contribution is 0.102. The first-order valence-electron chi connectivity index (χ1n) is 8.21. The molecule has 0 saturated heterocycles. The van der Waals surface area contributed by atoms with E-state index in [0.29, 0.717) is 34.7 Å². The SMILES string of the molecule is COCCn1c(SCC(=O)c2ccc(O)cc2)nnc1-c1ccc(Cl)cc1. The Hall–Kier alpha value is -2.35. The molecule has 1 aromatic heterocycles. The Balaban J connectivity index is 1.79. The molecule has 1 N–H and O–H groups in total. The van der Waals surface area contributed by atoms with Crippen molar-refractivity contribution in [3.05, 3.63) is 59.1 Å². The van der Waals surface area contributed by atoms with Crippen LogP contribution in [0, 0.1) is 0 Å². The first-order chi connectivity index (χ1) is 13.1. The van der Waals surface area contributed by atoms with Crippen LogP contribution in [0.2, 0.25) is 5.02 Å². The minimum absolute atomic E-state index is 0.0469. The van der Waals surface area contributed by atoms with Crippen LogP contribution in [0.25, 0.3) is 11.4 Å². The molecule has 0 bridgehead atoms. The number of Topliss-reactive ketones (excluding diaryl/α,β-unsaturated/α-hetero) is 1. The molecule has 0 fully saturated rings. The van der Waals surface area contributed by atoms with E-state index < -0.39 is 0 Å². The minimum Gasteiger partial charge on any atom is -0.508 e. The van der Waals surface area contributed by atoms with E-state index in [1.807, 2.05) is 16.7 Å². The van der Waals surface area contributed by atoms with Crippen molar-refractivity contribution in [1.29, 1.82) is 0 Å². The van der Waals surface area contributed by atoms with Gasteiger partial charge in [-0.05, 0) is 48.5 Å². The van der Waals surface area contributed by atoms with E-state index in [1.165, 1.54) is 23.9 Å². The molecule has 0 aliphatic heterocycles. The van der Waals surface area contributed by atoms with Crippen LogP contribution in [0.1, 0.15) is 10.4 Å². The van der Waals surface area contributed by atoms with E-state index in [0.717, 1.165) is 5.56 Å². The smallest absolute Gasteiger partial charge is 0.192 e. The van der Waals surface area contributed by atoms with Crippen LogP contribution in [0.4, 0.5) is 0 Å². The molecule has 0 unspecified atom stereocenters. The summed E-state index contributed by atoms with van der Waals surface area (Å²) in [5.41, 5.74) is 1.43. The van der Waals surface area contributed by atoms with Gasteiger partial charge in [0.05, 0.1) is 18.9 Å². The molecule has 0 aliphatic rings. The zero-order chi connectivity index (χ0) is 19.2. The molecular weight excluding hydrogens is 386 g/mol. The van der Waals surface area contributed by atoms with Gasteiger partial charge in [-0.2, -0.15) is 0 Å².